The molecule has 11 nitrogen and oxygen atoms in total. The minimum atomic E-state index is -4.26. The van der Waals surface area contributed by atoms with E-state index >= 15 is 0 Å². The number of ether oxygens (including phenoxy) is 3. The number of rotatable bonds is 11. The maximum Gasteiger partial charge on any atom is 0.339 e. The van der Waals surface area contributed by atoms with E-state index in [2.05, 4.69) is 5.32 Å². The molecule has 1 aliphatic rings. The fourth-order valence-electron chi connectivity index (χ4n) is 4.10. The van der Waals surface area contributed by atoms with Crippen LogP contribution in [-0.2, 0) is 26.3 Å². The molecule has 0 aliphatic carbocycles. The van der Waals surface area contributed by atoms with Crippen molar-refractivity contribution in [2.45, 2.75) is 31.7 Å². The number of halogens is 1. The maximum atomic E-state index is 13.3. The highest BCUT2D eigenvalue weighted by Crippen LogP contribution is 2.39. The summed E-state index contributed by atoms with van der Waals surface area (Å²) in [6, 6.07) is 12.8. The zero-order valence-electron chi connectivity index (χ0n) is 23.8. The van der Waals surface area contributed by atoms with Crippen molar-refractivity contribution >= 4 is 45.6 Å². The van der Waals surface area contributed by atoms with E-state index < -0.39 is 28.0 Å². The van der Waals surface area contributed by atoms with E-state index in [0.29, 0.717) is 23.7 Å². The molecule has 1 aliphatic heterocycles. The van der Waals surface area contributed by atoms with Gasteiger partial charge in [-0.2, -0.15) is 8.42 Å². The molecule has 3 aromatic rings. The number of hydrogen-bond acceptors (Lipinski definition) is 9. The van der Waals surface area contributed by atoms with E-state index in [9.17, 15) is 22.8 Å². The van der Waals surface area contributed by atoms with Crippen LogP contribution in [0.25, 0.3) is 6.08 Å². The van der Waals surface area contributed by atoms with Crippen LogP contribution < -0.4 is 23.7 Å². The number of hydrogen-bond donors (Lipinski definition) is 1. The molecule has 0 radical (unpaired) electrons. The number of benzene rings is 3. The Morgan fingerprint density at radius 3 is 2.28 bits per heavy atom. The predicted octanol–water partition coefficient (Wildman–Crippen LogP) is 4.88. The van der Waals surface area contributed by atoms with Gasteiger partial charge in [0, 0.05) is 0 Å². The largest absolute Gasteiger partial charge is 0.493 e. The van der Waals surface area contributed by atoms with Crippen molar-refractivity contribution in [2.24, 2.45) is 0 Å². The average molecular weight is 629 g/mol. The van der Waals surface area contributed by atoms with Gasteiger partial charge >= 0.3 is 16.1 Å². The first kappa shape index (κ1) is 31.4. The van der Waals surface area contributed by atoms with Crippen molar-refractivity contribution in [3.05, 3.63) is 81.9 Å². The molecule has 4 rings (SSSR count). The molecule has 3 aromatic carbocycles. The zero-order chi connectivity index (χ0) is 31.3. The molecule has 4 amide bonds. The Hall–Kier alpha value is -4.55. The summed E-state index contributed by atoms with van der Waals surface area (Å²) in [5.41, 5.74) is 1.28. The number of methoxy groups -OCH3 is 2. The van der Waals surface area contributed by atoms with Gasteiger partial charge in [-0.25, -0.2) is 4.79 Å². The lowest BCUT2D eigenvalue weighted by Gasteiger charge is -2.26. The van der Waals surface area contributed by atoms with E-state index in [1.54, 1.807) is 30.3 Å². The molecule has 0 saturated carbocycles. The average Bonchev–Trinajstić information content (AvgIpc) is 2.97. The van der Waals surface area contributed by atoms with Crippen LogP contribution in [0.1, 0.15) is 30.0 Å². The Bertz CT molecular complexity index is 1700. The number of barbiturate groups is 1. The minimum absolute atomic E-state index is 0.0656. The molecule has 0 bridgehead atoms. The van der Waals surface area contributed by atoms with Crippen molar-refractivity contribution in [1.29, 1.82) is 0 Å². The highest BCUT2D eigenvalue weighted by atomic mass is 35.5. The Kier molecular flexibility index (Phi) is 9.62. The van der Waals surface area contributed by atoms with E-state index in [-0.39, 0.29) is 39.1 Å². The van der Waals surface area contributed by atoms with Gasteiger partial charge in [0.25, 0.3) is 11.8 Å². The number of carbonyl (C=O) groups excluding carboxylic acids is 3. The highest BCUT2D eigenvalue weighted by molar-refractivity contribution is 7.87. The van der Waals surface area contributed by atoms with Crippen LogP contribution in [0.5, 0.6) is 23.0 Å². The molecule has 13 heteroatoms. The van der Waals surface area contributed by atoms with Crippen LogP contribution in [0.15, 0.2) is 65.1 Å². The third-order valence-corrected chi connectivity index (χ3v) is 7.80. The zero-order valence-corrected chi connectivity index (χ0v) is 25.4. The molecule has 1 N–H and O–H groups in total. The molecule has 226 valence electrons. The van der Waals surface area contributed by atoms with Crippen molar-refractivity contribution in [3.63, 3.8) is 0 Å². The first-order valence-corrected chi connectivity index (χ1v) is 14.8. The minimum Gasteiger partial charge on any atom is -0.493 e. The van der Waals surface area contributed by atoms with Crippen molar-refractivity contribution in [2.75, 3.05) is 20.8 Å². The third kappa shape index (κ3) is 7.09. The maximum absolute atomic E-state index is 13.3. The molecule has 0 spiro atoms. The topological polar surface area (TPSA) is 138 Å². The Labute approximate surface area is 254 Å². The second-order valence-corrected chi connectivity index (χ2v) is 11.4. The van der Waals surface area contributed by atoms with Crippen LogP contribution in [0.2, 0.25) is 5.02 Å². The lowest BCUT2D eigenvalue weighted by atomic mass is 10.1. The number of nitrogens with zero attached hydrogens (tertiary/aromatic N) is 1. The molecule has 0 aromatic heterocycles. The van der Waals surface area contributed by atoms with Crippen LogP contribution in [0.4, 0.5) is 4.79 Å². The summed E-state index contributed by atoms with van der Waals surface area (Å²) >= 11 is 6.38. The molecule has 1 fully saturated rings. The number of nitrogens with one attached hydrogen (secondary N) is 1. The summed E-state index contributed by atoms with van der Waals surface area (Å²) in [5.74, 6) is -1.16. The van der Waals surface area contributed by atoms with Crippen LogP contribution in [-0.4, -0.2) is 52.0 Å². The van der Waals surface area contributed by atoms with Gasteiger partial charge in [0.15, 0.2) is 17.2 Å². The lowest BCUT2D eigenvalue weighted by molar-refractivity contribution is -0.130. The van der Waals surface area contributed by atoms with Gasteiger partial charge in [0.1, 0.15) is 10.5 Å². The fourth-order valence-corrected chi connectivity index (χ4v) is 5.36. The number of urea groups is 1. The van der Waals surface area contributed by atoms with Gasteiger partial charge in [-0.05, 0) is 66.9 Å². The second kappa shape index (κ2) is 13.2. The molecule has 0 atom stereocenters. The SMILES string of the molecule is CCCOc1ccc(CN2C(=O)NC(=O)/C(=C\c3cc(Cl)c(OS(=O)(=O)c4ccc(C)cc4)c(OC)c3)C2=O)cc1OC. The summed E-state index contributed by atoms with van der Waals surface area (Å²) in [6.07, 6.45) is 2.02. The van der Waals surface area contributed by atoms with E-state index in [1.807, 2.05) is 13.8 Å². The van der Waals surface area contributed by atoms with Gasteiger partial charge in [0.05, 0.1) is 32.4 Å². The van der Waals surface area contributed by atoms with Gasteiger partial charge in [-0.15, -0.1) is 0 Å². The summed E-state index contributed by atoms with van der Waals surface area (Å²) in [5, 5.41) is 2.00. The van der Waals surface area contributed by atoms with Crippen molar-refractivity contribution in [3.8, 4) is 23.0 Å². The summed E-state index contributed by atoms with van der Waals surface area (Å²) in [4.78, 5) is 39.4. The van der Waals surface area contributed by atoms with Crippen LogP contribution >= 0.6 is 11.6 Å². The summed E-state index contributed by atoms with van der Waals surface area (Å²) in [7, 11) is -1.50. The fraction of sp³-hybridized carbons (Fsp3) is 0.233. The van der Waals surface area contributed by atoms with Gasteiger partial charge in [-0.3, -0.25) is 19.8 Å². The first-order valence-electron chi connectivity index (χ1n) is 13.0. The molecular weight excluding hydrogens is 600 g/mol. The van der Waals surface area contributed by atoms with Gasteiger partial charge in [-0.1, -0.05) is 42.3 Å². The van der Waals surface area contributed by atoms with Crippen molar-refractivity contribution < 1.29 is 41.2 Å². The second-order valence-electron chi connectivity index (χ2n) is 9.43. The van der Waals surface area contributed by atoms with E-state index in [0.717, 1.165) is 16.9 Å². The highest BCUT2D eigenvalue weighted by Gasteiger charge is 2.36. The molecule has 0 unspecified atom stereocenters. The van der Waals surface area contributed by atoms with E-state index in [4.69, 9.17) is 30.0 Å². The quantitative estimate of drug-likeness (QED) is 0.179. The van der Waals surface area contributed by atoms with Crippen LogP contribution in [0.3, 0.4) is 0 Å². The number of carbonyl (C=O) groups is 3. The van der Waals surface area contributed by atoms with Crippen LogP contribution in [0, 0.1) is 6.92 Å². The molecular formula is C30H29ClN2O9S. The number of amides is 4. The summed E-state index contributed by atoms with van der Waals surface area (Å²) < 4.78 is 47.3. The third-order valence-electron chi connectivity index (χ3n) is 6.28. The Balaban J connectivity index is 1.62. The normalized spacial score (nSPS) is 14.5. The summed E-state index contributed by atoms with van der Waals surface area (Å²) in [6.45, 7) is 4.11. The van der Waals surface area contributed by atoms with Gasteiger partial charge in [0.2, 0.25) is 5.75 Å². The van der Waals surface area contributed by atoms with Crippen molar-refractivity contribution in [1.82, 2.24) is 10.2 Å². The van der Waals surface area contributed by atoms with Gasteiger partial charge < -0.3 is 18.4 Å². The predicted molar refractivity (Wildman–Crippen MR) is 158 cm³/mol. The lowest BCUT2D eigenvalue weighted by Crippen LogP contribution is -2.53. The number of aryl methyl sites for hydroxylation is 1. The standard InChI is InChI=1S/C30H29ClN2O9S/c1-5-12-41-24-11-8-19(15-25(24)39-3)17-33-29(35)22(28(34)32-30(33)36)13-20-14-23(31)27(26(16-20)40-4)42-43(37,38)21-9-6-18(2)7-10-21/h6-11,13-16H,5,12,17H2,1-4H3,(H,32,34,36)/b22-13+. The van der Waals surface area contributed by atoms with E-state index in [1.165, 1.54) is 44.6 Å². The first-order chi connectivity index (χ1) is 20.5. The smallest absolute Gasteiger partial charge is 0.339 e. The monoisotopic (exact) mass is 628 g/mol. The number of imide groups is 2. The Morgan fingerprint density at radius 1 is 0.930 bits per heavy atom. The molecule has 43 heavy (non-hydrogen) atoms. The molecule has 1 saturated heterocycles. The molecule has 1 heterocycles. The Morgan fingerprint density at radius 2 is 1.63 bits per heavy atom.